The van der Waals surface area contributed by atoms with Gasteiger partial charge in [-0.1, -0.05) is 19.8 Å². The predicted molar refractivity (Wildman–Crippen MR) is 116 cm³/mol. The van der Waals surface area contributed by atoms with Gasteiger partial charge >= 0.3 is 6.03 Å². The molecular weight excluding hydrogens is 380 g/mol. The van der Waals surface area contributed by atoms with Crippen molar-refractivity contribution in [3.05, 3.63) is 24.3 Å². The number of imide groups is 1. The summed E-state index contributed by atoms with van der Waals surface area (Å²) >= 11 is 0. The smallest absolute Gasteiger partial charge is 0.325 e. The third kappa shape index (κ3) is 3.66. The molecular formula is C23H32N4O3. The van der Waals surface area contributed by atoms with Gasteiger partial charge in [-0.2, -0.15) is 0 Å². The summed E-state index contributed by atoms with van der Waals surface area (Å²) in [5.41, 5.74) is 0.975. The van der Waals surface area contributed by atoms with Crippen LogP contribution in [0.3, 0.4) is 0 Å². The van der Waals surface area contributed by atoms with Crippen LogP contribution in [0.2, 0.25) is 0 Å². The average Bonchev–Trinajstić information content (AvgIpc) is 3.01. The minimum atomic E-state index is -0.868. The maximum Gasteiger partial charge on any atom is 0.325 e. The molecule has 1 saturated carbocycles. The summed E-state index contributed by atoms with van der Waals surface area (Å²) < 4.78 is 0. The lowest BCUT2D eigenvalue weighted by molar-refractivity contribution is -0.138. The number of anilines is 2. The van der Waals surface area contributed by atoms with Gasteiger partial charge in [-0.15, -0.1) is 0 Å². The molecule has 30 heavy (non-hydrogen) atoms. The largest absolute Gasteiger partial charge is 0.372 e. The van der Waals surface area contributed by atoms with E-state index in [4.69, 9.17) is 0 Å². The van der Waals surface area contributed by atoms with E-state index < -0.39 is 17.6 Å². The number of urea groups is 1. The second-order valence-corrected chi connectivity index (χ2v) is 8.98. The Labute approximate surface area is 178 Å². The first-order valence-corrected chi connectivity index (χ1v) is 11.2. The van der Waals surface area contributed by atoms with Gasteiger partial charge in [0.1, 0.15) is 11.6 Å². The van der Waals surface area contributed by atoms with Crippen molar-refractivity contribution < 1.29 is 14.4 Å². The monoisotopic (exact) mass is 412 g/mol. The number of nitrogens with zero attached hydrogens (tertiary/aromatic N) is 2. The number of rotatable bonds is 4. The molecule has 7 heteroatoms. The van der Waals surface area contributed by atoms with Gasteiger partial charge in [0.15, 0.2) is 0 Å². The average molecular weight is 413 g/mol. The van der Waals surface area contributed by atoms with Gasteiger partial charge < -0.3 is 15.5 Å². The Hall–Kier alpha value is -2.57. The van der Waals surface area contributed by atoms with Crippen LogP contribution in [0.25, 0.3) is 0 Å². The first-order valence-electron chi connectivity index (χ1n) is 11.2. The van der Waals surface area contributed by atoms with Crippen molar-refractivity contribution in [1.29, 1.82) is 0 Å². The van der Waals surface area contributed by atoms with E-state index in [1.165, 1.54) is 19.3 Å². The lowest BCUT2D eigenvalue weighted by Crippen LogP contribution is -2.54. The van der Waals surface area contributed by atoms with Crippen LogP contribution < -0.4 is 15.5 Å². The third-order valence-corrected chi connectivity index (χ3v) is 7.07. The van der Waals surface area contributed by atoms with Crippen LogP contribution in [0.5, 0.6) is 0 Å². The Kier molecular flexibility index (Phi) is 5.71. The summed E-state index contributed by atoms with van der Waals surface area (Å²) in [4.78, 5) is 42.1. The molecule has 4 amide bonds. The SMILES string of the molecule is C[C@@H]1CCCC[C@]12NC(=O)N([C@@H](C)C(=O)Nc1ccc(N3CCCCC3)cc1)C2=O. The predicted octanol–water partition coefficient (Wildman–Crippen LogP) is 3.50. The number of carbonyl (C=O) groups excluding carboxylic acids is 3. The van der Waals surface area contributed by atoms with Crippen LogP contribution in [0, 0.1) is 5.92 Å². The van der Waals surface area contributed by atoms with Crippen molar-refractivity contribution in [2.24, 2.45) is 5.92 Å². The molecule has 1 aromatic carbocycles. The Balaban J connectivity index is 1.42. The van der Waals surface area contributed by atoms with E-state index in [2.05, 4.69) is 15.5 Å². The summed E-state index contributed by atoms with van der Waals surface area (Å²) in [5, 5.41) is 5.78. The van der Waals surface area contributed by atoms with E-state index in [0.717, 1.165) is 42.9 Å². The number of benzene rings is 1. The van der Waals surface area contributed by atoms with Gasteiger partial charge in [0.05, 0.1) is 0 Å². The fourth-order valence-electron chi connectivity index (χ4n) is 5.09. The molecule has 2 aliphatic heterocycles. The molecule has 3 aliphatic rings. The van der Waals surface area contributed by atoms with E-state index in [9.17, 15) is 14.4 Å². The molecule has 2 saturated heterocycles. The molecule has 0 radical (unpaired) electrons. The van der Waals surface area contributed by atoms with Crippen LogP contribution in [0.4, 0.5) is 16.2 Å². The normalized spacial score (nSPS) is 27.9. The molecule has 1 aromatic rings. The van der Waals surface area contributed by atoms with Gasteiger partial charge in [-0.05, 0) is 69.2 Å². The van der Waals surface area contributed by atoms with Crippen LogP contribution in [-0.4, -0.2) is 47.4 Å². The third-order valence-electron chi connectivity index (χ3n) is 7.07. The number of carbonyl (C=O) groups is 3. The van der Waals surface area contributed by atoms with Crippen molar-refractivity contribution in [2.45, 2.75) is 70.4 Å². The van der Waals surface area contributed by atoms with Gasteiger partial charge in [-0.3, -0.25) is 9.59 Å². The highest BCUT2D eigenvalue weighted by molar-refractivity contribution is 6.11. The summed E-state index contributed by atoms with van der Waals surface area (Å²) in [6.07, 6.45) is 7.23. The quantitative estimate of drug-likeness (QED) is 0.742. The van der Waals surface area contributed by atoms with Crippen molar-refractivity contribution in [3.63, 3.8) is 0 Å². The van der Waals surface area contributed by atoms with Crippen LogP contribution >= 0.6 is 0 Å². The molecule has 3 atom stereocenters. The topological polar surface area (TPSA) is 81.8 Å². The minimum Gasteiger partial charge on any atom is -0.372 e. The molecule has 0 aromatic heterocycles. The van der Waals surface area contributed by atoms with Gasteiger partial charge in [0.2, 0.25) is 5.91 Å². The van der Waals surface area contributed by atoms with E-state index in [1.807, 2.05) is 31.2 Å². The van der Waals surface area contributed by atoms with Crippen molar-refractivity contribution >= 4 is 29.2 Å². The van der Waals surface area contributed by atoms with Gasteiger partial charge in [0.25, 0.3) is 5.91 Å². The highest BCUT2D eigenvalue weighted by atomic mass is 16.2. The maximum atomic E-state index is 13.2. The molecule has 3 fully saturated rings. The molecule has 0 bridgehead atoms. The molecule has 1 spiro atoms. The molecule has 0 unspecified atom stereocenters. The molecule has 1 aliphatic carbocycles. The van der Waals surface area contributed by atoms with E-state index in [0.29, 0.717) is 12.1 Å². The summed E-state index contributed by atoms with van der Waals surface area (Å²) in [6.45, 7) is 5.75. The number of hydrogen-bond acceptors (Lipinski definition) is 4. The van der Waals surface area contributed by atoms with Gasteiger partial charge in [0, 0.05) is 24.5 Å². The molecule has 2 N–H and O–H groups in total. The van der Waals surface area contributed by atoms with Crippen LogP contribution in [-0.2, 0) is 9.59 Å². The van der Waals surface area contributed by atoms with E-state index >= 15 is 0 Å². The fourth-order valence-corrected chi connectivity index (χ4v) is 5.09. The zero-order chi connectivity index (χ0) is 21.3. The molecule has 162 valence electrons. The first kappa shape index (κ1) is 20.7. The van der Waals surface area contributed by atoms with E-state index in [1.54, 1.807) is 6.92 Å². The van der Waals surface area contributed by atoms with E-state index in [-0.39, 0.29) is 17.7 Å². The molecule has 2 heterocycles. The van der Waals surface area contributed by atoms with Crippen LogP contribution in [0.15, 0.2) is 24.3 Å². The summed E-state index contributed by atoms with van der Waals surface area (Å²) in [5.74, 6) is -0.544. The van der Waals surface area contributed by atoms with Crippen molar-refractivity contribution in [3.8, 4) is 0 Å². The lowest BCUT2D eigenvalue weighted by atomic mass is 9.73. The van der Waals surface area contributed by atoms with Gasteiger partial charge in [-0.25, -0.2) is 9.69 Å². The Morgan fingerprint density at radius 1 is 1.10 bits per heavy atom. The highest BCUT2D eigenvalue weighted by Gasteiger charge is 2.56. The highest BCUT2D eigenvalue weighted by Crippen LogP contribution is 2.38. The second-order valence-electron chi connectivity index (χ2n) is 8.98. The Morgan fingerprint density at radius 3 is 2.47 bits per heavy atom. The maximum absolute atomic E-state index is 13.2. The number of amides is 4. The lowest BCUT2D eigenvalue weighted by Gasteiger charge is -2.37. The number of hydrogen-bond donors (Lipinski definition) is 2. The zero-order valence-corrected chi connectivity index (χ0v) is 17.9. The summed E-state index contributed by atoms with van der Waals surface area (Å²) in [7, 11) is 0. The fraction of sp³-hybridized carbons (Fsp3) is 0.609. The minimum absolute atomic E-state index is 0.0743. The Morgan fingerprint density at radius 2 is 1.80 bits per heavy atom. The molecule has 4 rings (SSSR count). The number of piperidine rings is 1. The first-order chi connectivity index (χ1) is 14.4. The summed E-state index contributed by atoms with van der Waals surface area (Å²) in [6, 6.07) is 6.45. The zero-order valence-electron chi connectivity index (χ0n) is 17.9. The standard InChI is InChI=1S/C23H32N4O3/c1-16-8-4-5-13-23(16)21(29)27(22(30)25-23)17(2)20(28)24-18-9-11-19(12-10-18)26-14-6-3-7-15-26/h9-12,16-17H,3-8,13-15H2,1-2H3,(H,24,28)(H,25,30)/t16-,17+,23+/m1/s1. The Bertz CT molecular complexity index is 818. The van der Waals surface area contributed by atoms with Crippen molar-refractivity contribution in [1.82, 2.24) is 10.2 Å². The second kappa shape index (κ2) is 8.28. The van der Waals surface area contributed by atoms with Crippen LogP contribution in [0.1, 0.15) is 58.8 Å². The van der Waals surface area contributed by atoms with Crippen molar-refractivity contribution in [2.75, 3.05) is 23.3 Å². The number of nitrogens with one attached hydrogen (secondary N) is 2. The molecule has 7 nitrogen and oxygen atoms in total.